The van der Waals surface area contributed by atoms with Crippen molar-refractivity contribution in [1.82, 2.24) is 19.9 Å². The standard InChI is InChI=1S/C21H27BrN6O3/c1-14(2)19(29)8-20(26-30)27-6-7-28(15(3)12-27)21-24-9-17(10-25-21)31-13-16-4-5-23-11-18(16)22/h4-5,9-11,14-15,30H,6-8,12-13H2,1-3H3/b26-20-/t15-/m1/s1. The summed E-state index contributed by atoms with van der Waals surface area (Å²) in [6, 6.07) is 1.97. The number of nitrogens with zero attached hydrogens (tertiary/aromatic N) is 6. The summed E-state index contributed by atoms with van der Waals surface area (Å²) in [6.07, 6.45) is 6.91. The lowest BCUT2D eigenvalue weighted by molar-refractivity contribution is -0.120. The van der Waals surface area contributed by atoms with E-state index in [9.17, 15) is 10.0 Å². The highest BCUT2D eigenvalue weighted by atomic mass is 79.9. The molecule has 0 amide bonds. The fourth-order valence-electron chi connectivity index (χ4n) is 3.27. The Morgan fingerprint density at radius 3 is 2.68 bits per heavy atom. The third-order valence-corrected chi connectivity index (χ3v) is 5.92. The number of carbonyl (C=O) groups is 1. The van der Waals surface area contributed by atoms with Crippen LogP contribution in [-0.4, -0.2) is 62.4 Å². The molecule has 0 bridgehead atoms. The first kappa shape index (κ1) is 22.9. The van der Waals surface area contributed by atoms with E-state index in [0.717, 1.165) is 10.0 Å². The Morgan fingerprint density at radius 1 is 1.32 bits per heavy atom. The number of anilines is 1. The molecule has 1 atom stereocenters. The smallest absolute Gasteiger partial charge is 0.225 e. The summed E-state index contributed by atoms with van der Waals surface area (Å²) in [7, 11) is 0. The van der Waals surface area contributed by atoms with Crippen molar-refractivity contribution in [2.75, 3.05) is 24.5 Å². The predicted molar refractivity (Wildman–Crippen MR) is 120 cm³/mol. The summed E-state index contributed by atoms with van der Waals surface area (Å²) in [5.74, 6) is 1.58. The number of aromatic nitrogens is 3. The van der Waals surface area contributed by atoms with Gasteiger partial charge in [-0.2, -0.15) is 0 Å². The Labute approximate surface area is 190 Å². The van der Waals surface area contributed by atoms with Crippen molar-refractivity contribution < 1.29 is 14.7 Å². The quantitative estimate of drug-likeness (QED) is 0.273. The fourth-order valence-corrected chi connectivity index (χ4v) is 3.64. The van der Waals surface area contributed by atoms with E-state index in [-0.39, 0.29) is 24.2 Å². The maximum Gasteiger partial charge on any atom is 0.225 e. The number of pyridine rings is 1. The highest BCUT2D eigenvalue weighted by molar-refractivity contribution is 9.10. The van der Waals surface area contributed by atoms with Gasteiger partial charge in [-0.05, 0) is 28.9 Å². The first-order valence-electron chi connectivity index (χ1n) is 10.2. The van der Waals surface area contributed by atoms with Gasteiger partial charge in [0.15, 0.2) is 11.6 Å². The molecule has 10 heteroatoms. The minimum absolute atomic E-state index is 0.0561. The maximum atomic E-state index is 12.0. The second kappa shape index (κ2) is 10.5. The van der Waals surface area contributed by atoms with Crippen molar-refractivity contribution in [1.29, 1.82) is 0 Å². The number of Topliss-reactive ketones (excluding diaryl/α,β-unsaturated/α-hetero) is 1. The highest BCUT2D eigenvalue weighted by Gasteiger charge is 2.28. The van der Waals surface area contributed by atoms with Crippen LogP contribution in [0.1, 0.15) is 32.8 Å². The SMILES string of the molecule is CC(C)C(=O)C/C(=N/O)N1CCN(c2ncc(OCc3ccncc3Br)cn2)[C@H](C)C1. The molecule has 166 valence electrons. The Bertz CT molecular complexity index is 922. The van der Waals surface area contributed by atoms with Crippen LogP contribution in [0.25, 0.3) is 0 Å². The second-order valence-corrected chi connectivity index (χ2v) is 8.63. The monoisotopic (exact) mass is 490 g/mol. The molecule has 0 radical (unpaired) electrons. The van der Waals surface area contributed by atoms with Crippen LogP contribution in [0.4, 0.5) is 5.95 Å². The largest absolute Gasteiger partial charge is 0.486 e. The lowest BCUT2D eigenvalue weighted by atomic mass is 10.0. The van der Waals surface area contributed by atoms with Crippen LogP contribution in [-0.2, 0) is 11.4 Å². The van der Waals surface area contributed by atoms with Crippen molar-refractivity contribution in [2.24, 2.45) is 11.1 Å². The number of ketones is 1. The molecule has 1 aliphatic heterocycles. The van der Waals surface area contributed by atoms with Crippen LogP contribution in [0.5, 0.6) is 5.75 Å². The Morgan fingerprint density at radius 2 is 2.06 bits per heavy atom. The number of carbonyl (C=O) groups excluding carboxylic acids is 1. The van der Waals surface area contributed by atoms with E-state index < -0.39 is 0 Å². The number of piperazine rings is 1. The molecule has 2 aromatic rings. The number of hydrogen-bond acceptors (Lipinski definition) is 8. The normalized spacial score (nSPS) is 17.2. The number of ether oxygens (including phenoxy) is 1. The molecular formula is C21H27BrN6O3. The number of oxime groups is 1. The maximum absolute atomic E-state index is 12.0. The zero-order valence-electron chi connectivity index (χ0n) is 17.9. The molecule has 3 rings (SSSR count). The average Bonchev–Trinajstić information content (AvgIpc) is 2.77. The van der Waals surface area contributed by atoms with E-state index in [1.54, 1.807) is 24.8 Å². The molecule has 2 aromatic heterocycles. The molecule has 1 N–H and O–H groups in total. The minimum atomic E-state index is -0.0933. The van der Waals surface area contributed by atoms with Gasteiger partial charge in [0, 0.05) is 54.0 Å². The molecule has 1 fully saturated rings. The zero-order valence-corrected chi connectivity index (χ0v) is 19.5. The Kier molecular flexibility index (Phi) is 7.78. The third-order valence-electron chi connectivity index (χ3n) is 5.21. The van der Waals surface area contributed by atoms with E-state index in [4.69, 9.17) is 4.74 Å². The Hall–Kier alpha value is -2.75. The number of rotatable bonds is 7. The third kappa shape index (κ3) is 5.90. The molecule has 1 aliphatic rings. The molecule has 0 unspecified atom stereocenters. The lowest BCUT2D eigenvalue weighted by Gasteiger charge is -2.40. The van der Waals surface area contributed by atoms with Gasteiger partial charge in [-0.25, -0.2) is 9.97 Å². The van der Waals surface area contributed by atoms with Crippen molar-refractivity contribution in [2.45, 2.75) is 39.8 Å². The van der Waals surface area contributed by atoms with Gasteiger partial charge >= 0.3 is 0 Å². The minimum Gasteiger partial charge on any atom is -0.486 e. The van der Waals surface area contributed by atoms with Gasteiger partial charge in [0.1, 0.15) is 12.4 Å². The Balaban J connectivity index is 1.58. The summed E-state index contributed by atoms with van der Waals surface area (Å²) in [6.45, 7) is 8.02. The van der Waals surface area contributed by atoms with Crippen molar-refractivity contribution in [3.63, 3.8) is 0 Å². The predicted octanol–water partition coefficient (Wildman–Crippen LogP) is 3.13. The molecular weight excluding hydrogens is 464 g/mol. The first-order valence-corrected chi connectivity index (χ1v) is 11.0. The van der Waals surface area contributed by atoms with Crippen molar-refractivity contribution in [3.05, 3.63) is 40.9 Å². The van der Waals surface area contributed by atoms with Crippen LogP contribution < -0.4 is 9.64 Å². The highest BCUT2D eigenvalue weighted by Crippen LogP contribution is 2.21. The number of amidine groups is 1. The van der Waals surface area contributed by atoms with Gasteiger partial charge in [0.25, 0.3) is 0 Å². The molecule has 0 spiro atoms. The van der Waals surface area contributed by atoms with Gasteiger partial charge < -0.3 is 19.7 Å². The summed E-state index contributed by atoms with van der Waals surface area (Å²) in [4.78, 5) is 29.1. The molecule has 0 aliphatic carbocycles. The molecule has 1 saturated heterocycles. The molecule has 0 saturated carbocycles. The summed E-state index contributed by atoms with van der Waals surface area (Å²) in [5.41, 5.74) is 0.987. The van der Waals surface area contributed by atoms with E-state index in [1.807, 2.05) is 24.8 Å². The average molecular weight is 491 g/mol. The molecule has 31 heavy (non-hydrogen) atoms. The molecule has 9 nitrogen and oxygen atoms in total. The van der Waals surface area contributed by atoms with E-state index in [2.05, 4.69) is 47.9 Å². The summed E-state index contributed by atoms with van der Waals surface area (Å²) >= 11 is 3.45. The van der Waals surface area contributed by atoms with E-state index in [1.165, 1.54) is 0 Å². The van der Waals surface area contributed by atoms with Gasteiger partial charge in [-0.1, -0.05) is 19.0 Å². The summed E-state index contributed by atoms with van der Waals surface area (Å²) in [5, 5.41) is 12.8. The summed E-state index contributed by atoms with van der Waals surface area (Å²) < 4.78 is 6.67. The van der Waals surface area contributed by atoms with Gasteiger partial charge in [-0.15, -0.1) is 0 Å². The van der Waals surface area contributed by atoms with Crippen LogP contribution >= 0.6 is 15.9 Å². The number of halogens is 1. The van der Waals surface area contributed by atoms with Crippen molar-refractivity contribution in [3.8, 4) is 5.75 Å². The topological polar surface area (TPSA) is 104 Å². The van der Waals surface area contributed by atoms with Gasteiger partial charge in [0.05, 0.1) is 18.8 Å². The second-order valence-electron chi connectivity index (χ2n) is 7.78. The lowest BCUT2D eigenvalue weighted by Crippen LogP contribution is -2.54. The van der Waals surface area contributed by atoms with Crippen molar-refractivity contribution >= 4 is 33.5 Å². The van der Waals surface area contributed by atoms with Crippen LogP contribution in [0, 0.1) is 5.92 Å². The van der Waals surface area contributed by atoms with E-state index >= 15 is 0 Å². The zero-order chi connectivity index (χ0) is 22.4. The molecule has 3 heterocycles. The first-order chi connectivity index (χ1) is 14.9. The van der Waals surface area contributed by atoms with Crippen LogP contribution in [0.15, 0.2) is 40.5 Å². The van der Waals surface area contributed by atoms with Gasteiger partial charge in [0.2, 0.25) is 5.95 Å². The fraction of sp³-hybridized carbons (Fsp3) is 0.476. The van der Waals surface area contributed by atoms with E-state index in [0.29, 0.717) is 43.8 Å². The number of hydrogen-bond donors (Lipinski definition) is 1. The van der Waals surface area contributed by atoms with Crippen LogP contribution in [0.2, 0.25) is 0 Å². The molecule has 0 aromatic carbocycles. The van der Waals surface area contributed by atoms with Crippen LogP contribution in [0.3, 0.4) is 0 Å². The van der Waals surface area contributed by atoms with Gasteiger partial charge in [-0.3, -0.25) is 9.78 Å².